The Bertz CT molecular complexity index is 631. The highest BCUT2D eigenvalue weighted by Crippen LogP contribution is 2.35. The van der Waals surface area contributed by atoms with Gasteiger partial charge in [-0.3, -0.25) is 4.79 Å². The number of hydrogen-bond acceptors (Lipinski definition) is 3. The Hall–Kier alpha value is -2.13. The molecule has 3 rings (SSSR count). The van der Waals surface area contributed by atoms with E-state index in [0.29, 0.717) is 18.6 Å². The van der Waals surface area contributed by atoms with Crippen molar-refractivity contribution >= 4 is 5.97 Å². The van der Waals surface area contributed by atoms with E-state index in [1.165, 1.54) is 11.1 Å². The third-order valence-electron chi connectivity index (χ3n) is 5.14. The zero-order chi connectivity index (χ0) is 17.6. The van der Waals surface area contributed by atoms with Crippen molar-refractivity contribution in [3.05, 3.63) is 71.8 Å². The zero-order valence-corrected chi connectivity index (χ0v) is 15.0. The highest BCUT2D eigenvalue weighted by Gasteiger charge is 2.37. The van der Waals surface area contributed by atoms with Gasteiger partial charge in [0, 0.05) is 6.04 Å². The minimum Gasteiger partial charge on any atom is -0.466 e. The van der Waals surface area contributed by atoms with Crippen LogP contribution < -0.4 is 5.32 Å². The van der Waals surface area contributed by atoms with Crippen molar-refractivity contribution < 1.29 is 9.53 Å². The molecule has 1 aliphatic rings. The molecule has 3 atom stereocenters. The van der Waals surface area contributed by atoms with Gasteiger partial charge >= 0.3 is 5.97 Å². The SMILES string of the molecule is CCOC(=O)C1CC(NC(c2ccccc2)c2ccccc2)CC1C. The van der Waals surface area contributed by atoms with Crippen LogP contribution in [0.3, 0.4) is 0 Å². The molecule has 1 saturated carbocycles. The largest absolute Gasteiger partial charge is 0.466 e. The second kappa shape index (κ2) is 8.30. The molecule has 0 radical (unpaired) electrons. The minimum atomic E-state index is -0.0460. The van der Waals surface area contributed by atoms with Gasteiger partial charge in [-0.15, -0.1) is 0 Å². The predicted molar refractivity (Wildman–Crippen MR) is 100 cm³/mol. The Balaban J connectivity index is 1.77. The highest BCUT2D eigenvalue weighted by atomic mass is 16.5. The summed E-state index contributed by atoms with van der Waals surface area (Å²) in [5.41, 5.74) is 2.50. The van der Waals surface area contributed by atoms with Crippen molar-refractivity contribution in [2.75, 3.05) is 6.61 Å². The molecule has 132 valence electrons. The molecule has 3 unspecified atom stereocenters. The molecule has 25 heavy (non-hydrogen) atoms. The fourth-order valence-electron chi connectivity index (χ4n) is 3.87. The molecule has 1 aliphatic carbocycles. The number of benzene rings is 2. The Morgan fingerprint density at radius 3 is 2.12 bits per heavy atom. The van der Waals surface area contributed by atoms with E-state index in [-0.39, 0.29) is 17.9 Å². The van der Waals surface area contributed by atoms with Gasteiger partial charge in [0.05, 0.1) is 18.6 Å². The van der Waals surface area contributed by atoms with Crippen LogP contribution in [-0.2, 0) is 9.53 Å². The summed E-state index contributed by atoms with van der Waals surface area (Å²) in [5, 5.41) is 3.80. The van der Waals surface area contributed by atoms with Crippen molar-refractivity contribution in [2.24, 2.45) is 11.8 Å². The molecule has 0 amide bonds. The highest BCUT2D eigenvalue weighted by molar-refractivity contribution is 5.73. The Labute approximate surface area is 150 Å². The molecule has 2 aromatic carbocycles. The molecule has 3 heteroatoms. The number of carbonyl (C=O) groups excluding carboxylic acids is 1. The first kappa shape index (κ1) is 17.7. The Morgan fingerprint density at radius 1 is 1.04 bits per heavy atom. The standard InChI is InChI=1S/C22H27NO2/c1-3-25-22(24)20-15-19(14-16(20)2)23-21(17-10-6-4-7-11-17)18-12-8-5-9-13-18/h4-13,16,19-21,23H,3,14-15H2,1-2H3. The van der Waals surface area contributed by atoms with E-state index in [4.69, 9.17) is 4.74 Å². The third kappa shape index (κ3) is 4.29. The summed E-state index contributed by atoms with van der Waals surface area (Å²) in [6.07, 6.45) is 1.84. The van der Waals surface area contributed by atoms with Gasteiger partial charge < -0.3 is 10.1 Å². The van der Waals surface area contributed by atoms with Gasteiger partial charge in [-0.25, -0.2) is 0 Å². The second-order valence-corrected chi connectivity index (χ2v) is 6.93. The van der Waals surface area contributed by atoms with Crippen molar-refractivity contribution in [1.82, 2.24) is 5.32 Å². The van der Waals surface area contributed by atoms with E-state index < -0.39 is 0 Å². The lowest BCUT2D eigenvalue weighted by molar-refractivity contribution is -0.149. The summed E-state index contributed by atoms with van der Waals surface area (Å²) < 4.78 is 5.25. The smallest absolute Gasteiger partial charge is 0.309 e. The summed E-state index contributed by atoms with van der Waals surface area (Å²) >= 11 is 0. The first-order chi connectivity index (χ1) is 12.2. The fourth-order valence-corrected chi connectivity index (χ4v) is 3.87. The van der Waals surface area contributed by atoms with Crippen LogP contribution in [-0.4, -0.2) is 18.6 Å². The van der Waals surface area contributed by atoms with E-state index >= 15 is 0 Å². The van der Waals surface area contributed by atoms with Crippen LogP contribution in [0.5, 0.6) is 0 Å². The van der Waals surface area contributed by atoms with Crippen LogP contribution in [0.1, 0.15) is 43.9 Å². The molecule has 2 aromatic rings. The fraction of sp³-hybridized carbons (Fsp3) is 0.409. The van der Waals surface area contributed by atoms with Gasteiger partial charge in [0.15, 0.2) is 0 Å². The molecular weight excluding hydrogens is 310 g/mol. The molecule has 0 bridgehead atoms. The summed E-state index contributed by atoms with van der Waals surface area (Å²) in [4.78, 5) is 12.2. The van der Waals surface area contributed by atoms with Gasteiger partial charge in [-0.1, -0.05) is 67.6 Å². The van der Waals surface area contributed by atoms with E-state index in [2.05, 4.69) is 60.8 Å². The predicted octanol–water partition coefficient (Wildman–Crippen LogP) is 4.34. The van der Waals surface area contributed by atoms with Crippen molar-refractivity contribution in [3.8, 4) is 0 Å². The summed E-state index contributed by atoms with van der Waals surface area (Å²) in [7, 11) is 0. The normalized spacial score (nSPS) is 22.9. The van der Waals surface area contributed by atoms with Crippen LogP contribution in [0, 0.1) is 11.8 Å². The molecule has 1 N–H and O–H groups in total. The van der Waals surface area contributed by atoms with Crippen molar-refractivity contribution in [3.63, 3.8) is 0 Å². The number of hydrogen-bond donors (Lipinski definition) is 1. The third-order valence-corrected chi connectivity index (χ3v) is 5.14. The Kier molecular flexibility index (Phi) is 5.87. The number of nitrogens with one attached hydrogen (secondary N) is 1. The molecular formula is C22H27NO2. The van der Waals surface area contributed by atoms with Crippen LogP contribution in [0.25, 0.3) is 0 Å². The van der Waals surface area contributed by atoms with Gasteiger partial charge in [0.25, 0.3) is 0 Å². The molecule has 0 saturated heterocycles. The molecule has 0 spiro atoms. The molecule has 0 aliphatic heterocycles. The van der Waals surface area contributed by atoms with Crippen molar-refractivity contribution in [2.45, 2.75) is 38.8 Å². The average molecular weight is 337 g/mol. The number of carbonyl (C=O) groups is 1. The maximum atomic E-state index is 12.2. The summed E-state index contributed by atoms with van der Waals surface area (Å²) in [6.45, 7) is 4.48. The van der Waals surface area contributed by atoms with Gasteiger partial charge in [-0.05, 0) is 36.8 Å². The first-order valence-corrected chi connectivity index (χ1v) is 9.21. The summed E-state index contributed by atoms with van der Waals surface area (Å²) in [6, 6.07) is 21.5. The molecule has 3 nitrogen and oxygen atoms in total. The van der Waals surface area contributed by atoms with E-state index in [1.54, 1.807) is 0 Å². The average Bonchev–Trinajstić information content (AvgIpc) is 3.02. The maximum absolute atomic E-state index is 12.2. The molecule has 1 fully saturated rings. The topological polar surface area (TPSA) is 38.3 Å². The molecule has 0 aromatic heterocycles. The van der Waals surface area contributed by atoms with Gasteiger partial charge in [0.2, 0.25) is 0 Å². The lowest BCUT2D eigenvalue weighted by Gasteiger charge is -2.24. The van der Waals surface area contributed by atoms with Crippen LogP contribution in [0.15, 0.2) is 60.7 Å². The van der Waals surface area contributed by atoms with E-state index in [1.807, 2.05) is 19.1 Å². The number of rotatable bonds is 6. The summed E-state index contributed by atoms with van der Waals surface area (Å²) in [5.74, 6) is 0.309. The maximum Gasteiger partial charge on any atom is 0.309 e. The second-order valence-electron chi connectivity index (χ2n) is 6.93. The van der Waals surface area contributed by atoms with E-state index in [9.17, 15) is 4.79 Å². The first-order valence-electron chi connectivity index (χ1n) is 9.21. The van der Waals surface area contributed by atoms with Crippen molar-refractivity contribution in [1.29, 1.82) is 0 Å². The lowest BCUT2D eigenvalue weighted by Crippen LogP contribution is -2.32. The van der Waals surface area contributed by atoms with Gasteiger partial charge in [0.1, 0.15) is 0 Å². The molecule has 0 heterocycles. The van der Waals surface area contributed by atoms with Crippen LogP contribution in [0.4, 0.5) is 0 Å². The van der Waals surface area contributed by atoms with E-state index in [0.717, 1.165) is 12.8 Å². The number of esters is 1. The minimum absolute atomic E-state index is 0.00430. The van der Waals surface area contributed by atoms with Crippen LogP contribution >= 0.6 is 0 Å². The monoisotopic (exact) mass is 337 g/mol. The Morgan fingerprint density at radius 2 is 1.60 bits per heavy atom. The van der Waals surface area contributed by atoms with Crippen LogP contribution in [0.2, 0.25) is 0 Å². The van der Waals surface area contributed by atoms with Gasteiger partial charge in [-0.2, -0.15) is 0 Å². The number of ether oxygens (including phenoxy) is 1. The lowest BCUT2D eigenvalue weighted by atomic mass is 9.97. The quantitative estimate of drug-likeness (QED) is 0.797. The zero-order valence-electron chi connectivity index (χ0n) is 15.0.